The first kappa shape index (κ1) is 68.8. The highest BCUT2D eigenvalue weighted by Crippen LogP contribution is 2.17. The summed E-state index contributed by atoms with van der Waals surface area (Å²) in [6.07, 6.45) is 77.9. The highest BCUT2D eigenvalue weighted by molar-refractivity contribution is 5.71. The van der Waals surface area contributed by atoms with Crippen molar-refractivity contribution in [2.24, 2.45) is 0 Å². The van der Waals surface area contributed by atoms with Crippen LogP contribution < -0.4 is 0 Å². The van der Waals surface area contributed by atoms with Crippen molar-refractivity contribution < 1.29 is 28.6 Å². The summed E-state index contributed by atoms with van der Waals surface area (Å²) < 4.78 is 16.8. The minimum Gasteiger partial charge on any atom is -0.462 e. The smallest absolute Gasteiger partial charge is 0.306 e. The second-order valence-electron chi connectivity index (χ2n) is 20.6. The molecule has 0 bridgehead atoms. The number of esters is 3. The Morgan fingerprint density at radius 1 is 0.292 bits per heavy atom. The molecule has 72 heavy (non-hydrogen) atoms. The lowest BCUT2D eigenvalue weighted by molar-refractivity contribution is -0.167. The number of carbonyl (C=O) groups is 3. The third-order valence-corrected chi connectivity index (χ3v) is 13.4. The number of rotatable bonds is 56. The highest BCUT2D eigenvalue weighted by Gasteiger charge is 2.19. The summed E-state index contributed by atoms with van der Waals surface area (Å²) in [6.45, 7) is 6.49. The summed E-state index contributed by atoms with van der Waals surface area (Å²) in [5, 5.41) is 0. The molecule has 1 atom stereocenters. The monoisotopic (exact) mass is 1000 g/mol. The maximum atomic E-state index is 12.8. The standard InChI is InChI=1S/C66H116O6/c1-4-7-10-13-16-19-22-23-24-25-26-27-28-29-30-31-32-33-34-35-36-37-38-39-40-41-42-43-45-47-50-53-56-59-65(68)71-62-63(61-70-64(67)58-55-52-49-46-21-18-15-12-9-6-3)72-66(69)60-57-54-51-48-44-20-17-14-11-8-5-2/h7,10,14,16-17,19,23-24,26-27,29-30,63H,4-6,8-9,11-13,15,18,20-22,25,28,31-62H2,1-3H3/b10-7-,17-14-,19-16-,24-23-,27-26-,30-29-. The first-order valence-corrected chi connectivity index (χ1v) is 30.9. The van der Waals surface area contributed by atoms with Gasteiger partial charge in [0.05, 0.1) is 0 Å². The largest absolute Gasteiger partial charge is 0.462 e. The van der Waals surface area contributed by atoms with Crippen molar-refractivity contribution in [1.29, 1.82) is 0 Å². The fraction of sp³-hybridized carbons (Fsp3) is 0.773. The topological polar surface area (TPSA) is 78.9 Å². The molecule has 0 saturated carbocycles. The van der Waals surface area contributed by atoms with E-state index in [2.05, 4.69) is 93.7 Å². The molecule has 6 heteroatoms. The molecule has 0 aromatic heterocycles. The van der Waals surface area contributed by atoms with Crippen LogP contribution in [-0.2, 0) is 28.6 Å². The first-order chi connectivity index (χ1) is 35.5. The summed E-state index contributed by atoms with van der Waals surface area (Å²) in [5.41, 5.74) is 0. The van der Waals surface area contributed by atoms with Gasteiger partial charge in [-0.05, 0) is 83.5 Å². The zero-order valence-electron chi connectivity index (χ0n) is 47.7. The second kappa shape index (κ2) is 60.4. The maximum Gasteiger partial charge on any atom is 0.306 e. The van der Waals surface area contributed by atoms with E-state index in [1.807, 2.05) is 0 Å². The Labute approximate surface area is 446 Å². The van der Waals surface area contributed by atoms with Crippen LogP contribution in [0.3, 0.4) is 0 Å². The molecule has 0 amide bonds. The predicted octanol–water partition coefficient (Wildman–Crippen LogP) is 20.9. The van der Waals surface area contributed by atoms with Crippen molar-refractivity contribution in [1.82, 2.24) is 0 Å². The Bertz CT molecular complexity index is 1340. The van der Waals surface area contributed by atoms with Gasteiger partial charge in [-0.3, -0.25) is 14.4 Å². The molecule has 0 heterocycles. The molecule has 416 valence electrons. The predicted molar refractivity (Wildman–Crippen MR) is 311 cm³/mol. The number of hydrogen-bond acceptors (Lipinski definition) is 6. The zero-order chi connectivity index (χ0) is 52.2. The van der Waals surface area contributed by atoms with Gasteiger partial charge in [0, 0.05) is 19.3 Å². The van der Waals surface area contributed by atoms with Gasteiger partial charge in [-0.25, -0.2) is 0 Å². The Balaban J connectivity index is 4.02. The van der Waals surface area contributed by atoms with E-state index in [4.69, 9.17) is 14.2 Å². The van der Waals surface area contributed by atoms with E-state index in [1.165, 1.54) is 167 Å². The van der Waals surface area contributed by atoms with Crippen molar-refractivity contribution in [3.8, 4) is 0 Å². The molecule has 0 rings (SSSR count). The van der Waals surface area contributed by atoms with Gasteiger partial charge in [0.25, 0.3) is 0 Å². The van der Waals surface area contributed by atoms with Crippen LogP contribution >= 0.6 is 0 Å². The molecule has 0 N–H and O–H groups in total. The van der Waals surface area contributed by atoms with Crippen LogP contribution in [0.5, 0.6) is 0 Å². The van der Waals surface area contributed by atoms with Gasteiger partial charge in [0.2, 0.25) is 0 Å². The minimum absolute atomic E-state index is 0.0737. The molecule has 0 aliphatic heterocycles. The van der Waals surface area contributed by atoms with Crippen LogP contribution in [0.15, 0.2) is 72.9 Å². The molecule has 0 aliphatic carbocycles. The average Bonchev–Trinajstić information content (AvgIpc) is 3.38. The van der Waals surface area contributed by atoms with Crippen LogP contribution in [0.25, 0.3) is 0 Å². The minimum atomic E-state index is -0.774. The molecule has 0 aromatic carbocycles. The summed E-state index contributed by atoms with van der Waals surface area (Å²) in [7, 11) is 0. The summed E-state index contributed by atoms with van der Waals surface area (Å²) in [5.74, 6) is -0.874. The SMILES string of the molecule is CC/C=C\C/C=C\C/C=C\C/C=C\C/C=C\CCCCCCCCCCCCCCCCCCCC(=O)OCC(COC(=O)CCCCCCCCCCCC)OC(=O)CCCCCCC/C=C\CCCC. The molecule has 0 aromatic rings. The first-order valence-electron chi connectivity index (χ1n) is 30.9. The van der Waals surface area contributed by atoms with Crippen LogP contribution in [0.1, 0.15) is 310 Å². The number of hydrogen-bond donors (Lipinski definition) is 0. The van der Waals surface area contributed by atoms with E-state index in [9.17, 15) is 14.4 Å². The third-order valence-electron chi connectivity index (χ3n) is 13.4. The molecule has 0 fully saturated rings. The van der Waals surface area contributed by atoms with Gasteiger partial charge in [0.15, 0.2) is 6.10 Å². The van der Waals surface area contributed by atoms with Crippen molar-refractivity contribution >= 4 is 17.9 Å². The van der Waals surface area contributed by atoms with Gasteiger partial charge in [-0.1, -0.05) is 280 Å². The Hall–Kier alpha value is -3.15. The van der Waals surface area contributed by atoms with Gasteiger partial charge in [-0.15, -0.1) is 0 Å². The van der Waals surface area contributed by atoms with Crippen molar-refractivity contribution in [3.05, 3.63) is 72.9 Å². The average molecular weight is 1010 g/mol. The molecular formula is C66H116O6. The molecule has 1 unspecified atom stereocenters. The number of carbonyl (C=O) groups excluding carboxylic acids is 3. The maximum absolute atomic E-state index is 12.8. The van der Waals surface area contributed by atoms with Gasteiger partial charge in [0.1, 0.15) is 13.2 Å². The fourth-order valence-corrected chi connectivity index (χ4v) is 8.81. The summed E-state index contributed by atoms with van der Waals surface area (Å²) >= 11 is 0. The van der Waals surface area contributed by atoms with Gasteiger partial charge < -0.3 is 14.2 Å². The van der Waals surface area contributed by atoms with Crippen LogP contribution in [0, 0.1) is 0 Å². The summed E-state index contributed by atoms with van der Waals surface area (Å²) in [4.78, 5) is 38.0. The number of allylic oxidation sites excluding steroid dienone is 12. The third kappa shape index (κ3) is 57.7. The van der Waals surface area contributed by atoms with E-state index in [-0.39, 0.29) is 31.1 Å². The van der Waals surface area contributed by atoms with E-state index < -0.39 is 6.10 Å². The zero-order valence-corrected chi connectivity index (χ0v) is 47.7. The van der Waals surface area contributed by atoms with Gasteiger partial charge in [-0.2, -0.15) is 0 Å². The Morgan fingerprint density at radius 3 is 0.903 bits per heavy atom. The second-order valence-corrected chi connectivity index (χ2v) is 20.6. The lowest BCUT2D eigenvalue weighted by Crippen LogP contribution is -2.30. The van der Waals surface area contributed by atoms with Crippen molar-refractivity contribution in [2.75, 3.05) is 13.2 Å². The molecular weight excluding hydrogens is 889 g/mol. The Kier molecular flexibility index (Phi) is 57.8. The van der Waals surface area contributed by atoms with E-state index in [0.29, 0.717) is 19.3 Å². The number of unbranched alkanes of at least 4 members (excludes halogenated alkanes) is 33. The lowest BCUT2D eigenvalue weighted by Gasteiger charge is -2.18. The molecule has 0 spiro atoms. The van der Waals surface area contributed by atoms with Crippen LogP contribution in [0.2, 0.25) is 0 Å². The normalized spacial score (nSPS) is 12.5. The van der Waals surface area contributed by atoms with Crippen molar-refractivity contribution in [2.45, 2.75) is 316 Å². The summed E-state index contributed by atoms with van der Waals surface area (Å²) in [6, 6.07) is 0. The van der Waals surface area contributed by atoms with Crippen LogP contribution in [0.4, 0.5) is 0 Å². The van der Waals surface area contributed by atoms with E-state index in [1.54, 1.807) is 0 Å². The quantitative estimate of drug-likeness (QED) is 0.0261. The Morgan fingerprint density at radius 2 is 0.556 bits per heavy atom. The highest BCUT2D eigenvalue weighted by atomic mass is 16.6. The number of ether oxygens (including phenoxy) is 3. The van der Waals surface area contributed by atoms with Gasteiger partial charge >= 0.3 is 17.9 Å². The molecule has 0 radical (unpaired) electrons. The molecule has 0 aliphatic rings. The fourth-order valence-electron chi connectivity index (χ4n) is 8.81. The molecule has 6 nitrogen and oxygen atoms in total. The van der Waals surface area contributed by atoms with E-state index in [0.717, 1.165) is 103 Å². The van der Waals surface area contributed by atoms with Crippen molar-refractivity contribution in [3.63, 3.8) is 0 Å². The van der Waals surface area contributed by atoms with Crippen LogP contribution in [-0.4, -0.2) is 37.2 Å². The lowest BCUT2D eigenvalue weighted by atomic mass is 10.0. The van der Waals surface area contributed by atoms with E-state index >= 15 is 0 Å². The molecule has 0 saturated heterocycles.